The van der Waals surface area contributed by atoms with E-state index in [0.29, 0.717) is 18.1 Å². The van der Waals surface area contributed by atoms with Gasteiger partial charge in [0.25, 0.3) is 0 Å². The number of amides is 3. The first-order valence-corrected chi connectivity index (χ1v) is 9.27. The van der Waals surface area contributed by atoms with Gasteiger partial charge in [0, 0.05) is 17.4 Å². The predicted molar refractivity (Wildman–Crippen MR) is 88.4 cm³/mol. The normalized spacial score (nSPS) is 27.0. The SMILES string of the molecule is CCC[C@H](NC(=O)CCCC[C@@H]1SC[C@@H]2NC(=O)N[C@@H]21)C(=O)O. The van der Waals surface area contributed by atoms with E-state index < -0.39 is 12.0 Å². The Morgan fingerprint density at radius 2 is 2.17 bits per heavy atom. The van der Waals surface area contributed by atoms with E-state index in [9.17, 15) is 14.4 Å². The van der Waals surface area contributed by atoms with Gasteiger partial charge in [0.15, 0.2) is 0 Å². The Bertz CT molecular complexity index is 460. The Labute approximate surface area is 140 Å². The zero-order valence-electron chi connectivity index (χ0n) is 13.3. The fraction of sp³-hybridized carbons (Fsp3) is 0.800. The molecule has 0 radical (unpaired) electrons. The molecule has 0 saturated carbocycles. The van der Waals surface area contributed by atoms with Gasteiger partial charge in [-0.2, -0.15) is 11.8 Å². The summed E-state index contributed by atoms with van der Waals surface area (Å²) in [7, 11) is 0. The number of urea groups is 1. The van der Waals surface area contributed by atoms with E-state index in [4.69, 9.17) is 5.11 Å². The standard InChI is InChI=1S/C15H25N3O4S/c1-2-5-9(14(20)21)16-12(19)7-4-3-6-11-13-10(8-23-11)17-15(22)18-13/h9-11,13H,2-8H2,1H3,(H,16,19)(H,20,21)(H2,17,18,22)/t9-,10-,11-,13-/m0/s1. The summed E-state index contributed by atoms with van der Waals surface area (Å²) in [5.74, 6) is -0.233. The van der Waals surface area contributed by atoms with Crippen LogP contribution in [-0.4, -0.2) is 52.1 Å². The molecule has 2 saturated heterocycles. The zero-order valence-corrected chi connectivity index (χ0v) is 14.2. The molecule has 2 aliphatic rings. The summed E-state index contributed by atoms with van der Waals surface area (Å²) in [4.78, 5) is 34.1. The van der Waals surface area contributed by atoms with Crippen molar-refractivity contribution in [1.82, 2.24) is 16.0 Å². The van der Waals surface area contributed by atoms with Gasteiger partial charge in [-0.1, -0.05) is 19.8 Å². The lowest BCUT2D eigenvalue weighted by Gasteiger charge is -2.16. The minimum absolute atomic E-state index is 0.0830. The lowest BCUT2D eigenvalue weighted by atomic mass is 10.0. The van der Waals surface area contributed by atoms with Crippen molar-refractivity contribution in [1.29, 1.82) is 0 Å². The Morgan fingerprint density at radius 3 is 2.87 bits per heavy atom. The van der Waals surface area contributed by atoms with Crippen molar-refractivity contribution in [2.45, 2.75) is 68.8 Å². The molecule has 3 amide bonds. The van der Waals surface area contributed by atoms with Crippen LogP contribution in [0.25, 0.3) is 0 Å². The maximum absolute atomic E-state index is 11.8. The lowest BCUT2D eigenvalue weighted by Crippen LogP contribution is -2.40. The highest BCUT2D eigenvalue weighted by molar-refractivity contribution is 8.00. The second-order valence-corrected chi connectivity index (χ2v) is 7.39. The number of carbonyl (C=O) groups is 3. The lowest BCUT2D eigenvalue weighted by molar-refractivity contribution is -0.142. The largest absolute Gasteiger partial charge is 0.480 e. The third-order valence-corrected chi connectivity index (χ3v) is 5.80. The molecule has 4 atom stereocenters. The van der Waals surface area contributed by atoms with Crippen molar-refractivity contribution in [2.75, 3.05) is 5.75 Å². The van der Waals surface area contributed by atoms with Gasteiger partial charge in [0.2, 0.25) is 5.91 Å². The Kier molecular flexibility index (Phi) is 6.56. The molecule has 2 rings (SSSR count). The molecule has 7 nitrogen and oxygen atoms in total. The van der Waals surface area contributed by atoms with E-state index >= 15 is 0 Å². The highest BCUT2D eigenvalue weighted by atomic mass is 32.2. The quantitative estimate of drug-likeness (QED) is 0.370. The molecular formula is C15H25N3O4S. The molecule has 0 aromatic heterocycles. The van der Waals surface area contributed by atoms with Gasteiger partial charge in [-0.3, -0.25) is 4.79 Å². The Balaban J connectivity index is 1.62. The summed E-state index contributed by atoms with van der Waals surface area (Å²) in [5.41, 5.74) is 0. The summed E-state index contributed by atoms with van der Waals surface area (Å²) < 4.78 is 0. The molecule has 0 unspecified atom stereocenters. The second-order valence-electron chi connectivity index (χ2n) is 6.11. The second kappa shape index (κ2) is 8.42. The molecule has 0 aromatic rings. The van der Waals surface area contributed by atoms with E-state index in [1.54, 1.807) is 0 Å². The summed E-state index contributed by atoms with van der Waals surface area (Å²) in [6.07, 6.45) is 4.12. The van der Waals surface area contributed by atoms with Gasteiger partial charge >= 0.3 is 12.0 Å². The van der Waals surface area contributed by atoms with Crippen LogP contribution in [0.5, 0.6) is 0 Å². The number of fused-ring (bicyclic) bond motifs is 1. The fourth-order valence-electron chi connectivity index (χ4n) is 3.09. The molecule has 4 N–H and O–H groups in total. The highest BCUT2D eigenvalue weighted by Crippen LogP contribution is 2.33. The van der Waals surface area contributed by atoms with Crippen molar-refractivity contribution in [3.05, 3.63) is 0 Å². The molecule has 2 heterocycles. The van der Waals surface area contributed by atoms with Crippen LogP contribution >= 0.6 is 11.8 Å². The van der Waals surface area contributed by atoms with Crippen molar-refractivity contribution in [3.8, 4) is 0 Å². The number of rotatable bonds is 9. The number of nitrogens with one attached hydrogen (secondary N) is 3. The number of aliphatic carboxylic acids is 1. The molecule has 2 aliphatic heterocycles. The first kappa shape index (κ1) is 17.9. The van der Waals surface area contributed by atoms with Crippen LogP contribution in [0.1, 0.15) is 45.4 Å². The van der Waals surface area contributed by atoms with E-state index in [0.717, 1.165) is 31.4 Å². The van der Waals surface area contributed by atoms with Gasteiger partial charge in [-0.25, -0.2) is 9.59 Å². The third kappa shape index (κ3) is 5.02. The number of carboxylic acids is 1. The van der Waals surface area contributed by atoms with Crippen molar-refractivity contribution in [2.24, 2.45) is 0 Å². The average molecular weight is 343 g/mol. The van der Waals surface area contributed by atoms with Gasteiger partial charge in [-0.05, 0) is 19.3 Å². The van der Waals surface area contributed by atoms with Crippen LogP contribution in [0.3, 0.4) is 0 Å². The Morgan fingerprint density at radius 1 is 1.39 bits per heavy atom. The molecule has 23 heavy (non-hydrogen) atoms. The summed E-state index contributed by atoms with van der Waals surface area (Å²) >= 11 is 1.86. The van der Waals surface area contributed by atoms with Gasteiger partial charge in [0.1, 0.15) is 6.04 Å². The van der Waals surface area contributed by atoms with E-state index in [1.165, 1.54) is 0 Å². The maximum atomic E-state index is 11.8. The van der Waals surface area contributed by atoms with E-state index in [2.05, 4.69) is 16.0 Å². The summed E-state index contributed by atoms with van der Waals surface area (Å²) in [5, 5.41) is 17.9. The third-order valence-electron chi connectivity index (χ3n) is 4.29. The van der Waals surface area contributed by atoms with E-state index in [1.807, 2.05) is 18.7 Å². The monoisotopic (exact) mass is 343 g/mol. The molecule has 2 fully saturated rings. The highest BCUT2D eigenvalue weighted by Gasteiger charge is 2.42. The first-order chi connectivity index (χ1) is 11.0. The number of hydrogen-bond donors (Lipinski definition) is 4. The molecule has 0 bridgehead atoms. The van der Waals surface area contributed by atoms with Gasteiger partial charge < -0.3 is 21.1 Å². The van der Waals surface area contributed by atoms with Crippen molar-refractivity contribution < 1.29 is 19.5 Å². The number of hydrogen-bond acceptors (Lipinski definition) is 4. The zero-order chi connectivity index (χ0) is 16.8. The van der Waals surface area contributed by atoms with Crippen LogP contribution in [0, 0.1) is 0 Å². The first-order valence-electron chi connectivity index (χ1n) is 8.22. The van der Waals surface area contributed by atoms with Crippen molar-refractivity contribution >= 4 is 29.7 Å². The predicted octanol–water partition coefficient (Wildman–Crippen LogP) is 1.08. The molecule has 0 aliphatic carbocycles. The summed E-state index contributed by atoms with van der Waals surface area (Å²) in [6.45, 7) is 1.89. The van der Waals surface area contributed by atoms with Gasteiger partial charge in [0.05, 0.1) is 12.1 Å². The minimum Gasteiger partial charge on any atom is -0.480 e. The van der Waals surface area contributed by atoms with E-state index in [-0.39, 0.29) is 24.0 Å². The van der Waals surface area contributed by atoms with Crippen molar-refractivity contribution in [3.63, 3.8) is 0 Å². The van der Waals surface area contributed by atoms with Crippen LogP contribution in [0.2, 0.25) is 0 Å². The number of carbonyl (C=O) groups excluding carboxylic acids is 2. The van der Waals surface area contributed by atoms with Gasteiger partial charge in [-0.15, -0.1) is 0 Å². The van der Waals surface area contributed by atoms with Crippen LogP contribution in [0.4, 0.5) is 4.79 Å². The van der Waals surface area contributed by atoms with Crippen LogP contribution in [0.15, 0.2) is 0 Å². The smallest absolute Gasteiger partial charge is 0.326 e. The Hall–Kier alpha value is -1.44. The number of unbranched alkanes of at least 4 members (excludes halogenated alkanes) is 1. The fourth-order valence-corrected chi connectivity index (χ4v) is 4.63. The van der Waals surface area contributed by atoms with Crippen LogP contribution in [-0.2, 0) is 9.59 Å². The number of thioether (sulfide) groups is 1. The van der Waals surface area contributed by atoms with Crippen LogP contribution < -0.4 is 16.0 Å². The average Bonchev–Trinajstić information content (AvgIpc) is 3.02. The molecule has 8 heteroatoms. The summed E-state index contributed by atoms with van der Waals surface area (Å²) in [6, 6.07) is -0.438. The molecular weight excluding hydrogens is 318 g/mol. The molecule has 0 aromatic carbocycles. The maximum Gasteiger partial charge on any atom is 0.326 e. The molecule has 0 spiro atoms. The topological polar surface area (TPSA) is 108 Å². The number of carboxylic acid groups (broad SMARTS) is 1. The molecule has 130 valence electrons. The minimum atomic E-state index is -0.974.